The van der Waals surface area contributed by atoms with Gasteiger partial charge >= 0.3 is 24.1 Å². The summed E-state index contributed by atoms with van der Waals surface area (Å²) in [6, 6.07) is 13.4. The predicted octanol–water partition coefficient (Wildman–Crippen LogP) is 6.30. The molecule has 0 fully saturated rings. The standard InChI is InChI=1S/C23H28ClN5O6.C21H24ClN5O6.C2HF3O2/c1-3-35-23(32)13-18(16-6-7-17(24)19(12-16)29(33)34)28-22(31)14-27-21(30)5-4-9-25-20-11-15(2)8-10-26-20;1-13-6-8-24-18(9-13)23-7-2-3-19(28)25-12-20(29)26-16(11-21(30)31)14-4-5-15(22)17(10-14)27(32)33;3-2(4,5)1(6)7/h6-8,10-12,18H,3-5,9,13-14H2,1-2H3,(H,25,26)(H,27,30)(H,28,31);4-6,8-10,16H,2-3,7,11-12H2,1H3,(H,23,24)(H,25,28)(H,26,29)(H,30,31);(H,6,7). The second kappa shape index (κ2) is 32.1. The van der Waals surface area contributed by atoms with Crippen molar-refractivity contribution in [1.29, 1.82) is 0 Å². The molecule has 2 atom stereocenters. The molecule has 0 aliphatic heterocycles. The molecule has 4 rings (SSSR count). The number of nitro groups is 2. The number of amides is 4. The van der Waals surface area contributed by atoms with Gasteiger partial charge in [-0.2, -0.15) is 13.2 Å². The topological polar surface area (TPSA) is 353 Å². The number of aromatic nitrogens is 2. The van der Waals surface area contributed by atoms with Crippen LogP contribution in [0.2, 0.25) is 10.0 Å². The second-order valence-electron chi connectivity index (χ2n) is 15.6. The Hall–Kier alpha value is -8.20. The van der Waals surface area contributed by atoms with Crippen LogP contribution in [0.5, 0.6) is 0 Å². The summed E-state index contributed by atoms with van der Waals surface area (Å²) in [7, 11) is 0. The lowest BCUT2D eigenvalue weighted by Crippen LogP contribution is -2.39. The summed E-state index contributed by atoms with van der Waals surface area (Å²) in [5, 5.41) is 54.7. The molecule has 406 valence electrons. The molecule has 2 aromatic carbocycles. The van der Waals surface area contributed by atoms with Crippen molar-refractivity contribution in [1.82, 2.24) is 31.2 Å². The van der Waals surface area contributed by atoms with Gasteiger partial charge < -0.3 is 46.9 Å². The van der Waals surface area contributed by atoms with Gasteiger partial charge in [-0.05, 0) is 92.3 Å². The summed E-state index contributed by atoms with van der Waals surface area (Å²) in [4.78, 5) is 110. The number of carboxylic acid groups (broad SMARTS) is 2. The van der Waals surface area contributed by atoms with Crippen LogP contribution in [0.1, 0.15) is 79.8 Å². The predicted molar refractivity (Wildman–Crippen MR) is 265 cm³/mol. The molecule has 2 heterocycles. The normalized spacial score (nSPS) is 11.3. The first-order chi connectivity index (χ1) is 35.3. The fraction of sp³-hybridized carbons (Fsp3) is 0.370. The first kappa shape index (κ1) is 62.9. The number of hydrogen-bond acceptors (Lipinski definition) is 16. The lowest BCUT2D eigenvalue weighted by molar-refractivity contribution is -0.384. The molecule has 0 spiro atoms. The van der Waals surface area contributed by atoms with Crippen LogP contribution in [-0.4, -0.2) is 111 Å². The fourth-order valence-corrected chi connectivity index (χ4v) is 6.43. The van der Waals surface area contributed by atoms with Crippen LogP contribution in [-0.2, 0) is 38.3 Å². The van der Waals surface area contributed by atoms with Gasteiger partial charge in [-0.25, -0.2) is 14.8 Å². The summed E-state index contributed by atoms with van der Waals surface area (Å²) < 4.78 is 36.7. The molecule has 24 nitrogen and oxygen atoms in total. The summed E-state index contributed by atoms with van der Waals surface area (Å²) >= 11 is 11.6. The average molecular weight is 1100 g/mol. The van der Waals surface area contributed by atoms with Crippen molar-refractivity contribution in [2.75, 3.05) is 43.4 Å². The Morgan fingerprint density at radius 2 is 1.07 bits per heavy atom. The molecule has 2 unspecified atom stereocenters. The highest BCUT2D eigenvalue weighted by Crippen LogP contribution is 2.30. The van der Waals surface area contributed by atoms with Crippen molar-refractivity contribution >= 4 is 87.7 Å². The number of anilines is 2. The molecular weight excluding hydrogens is 1040 g/mol. The Balaban J connectivity index is 0.000000455. The molecule has 4 amide bonds. The molecule has 2 aromatic heterocycles. The van der Waals surface area contributed by atoms with Gasteiger partial charge in [-0.1, -0.05) is 35.3 Å². The van der Waals surface area contributed by atoms with E-state index in [2.05, 4.69) is 41.9 Å². The van der Waals surface area contributed by atoms with E-state index in [0.717, 1.165) is 23.0 Å². The molecule has 4 aromatic rings. The SMILES string of the molecule is CCOC(=O)CC(NC(=O)CNC(=O)CCCNc1cc(C)ccn1)c1ccc(Cl)c([N+](=O)[O-])c1.Cc1ccnc(NCCCC(=O)NCC(=O)NC(CC(=O)O)c2ccc(Cl)c([N+](=O)[O-])c2)c1.O=C(O)C(F)(F)F. The molecule has 0 aliphatic rings. The van der Waals surface area contributed by atoms with Gasteiger partial charge in [0.15, 0.2) is 0 Å². The van der Waals surface area contributed by atoms with Crippen molar-refractivity contribution < 1.29 is 71.5 Å². The number of esters is 1. The smallest absolute Gasteiger partial charge is 0.481 e. The Bertz CT molecular complexity index is 2650. The number of nitro benzene ring substituents is 2. The number of aryl methyl sites for hydroxylation is 2. The van der Waals surface area contributed by atoms with Crippen LogP contribution in [0, 0.1) is 34.1 Å². The number of aliphatic carboxylic acids is 2. The van der Waals surface area contributed by atoms with E-state index in [-0.39, 0.29) is 72.1 Å². The maximum absolute atomic E-state index is 12.4. The lowest BCUT2D eigenvalue weighted by Gasteiger charge is -2.19. The fourth-order valence-electron chi connectivity index (χ4n) is 6.06. The Kier molecular flexibility index (Phi) is 26.9. The molecule has 75 heavy (non-hydrogen) atoms. The number of rotatable bonds is 25. The quantitative estimate of drug-likeness (QED) is 0.0156. The molecule has 0 saturated heterocycles. The molecular formula is C46H53Cl2F3N10O14. The zero-order valence-corrected chi connectivity index (χ0v) is 41.8. The van der Waals surface area contributed by atoms with Crippen molar-refractivity contribution in [3.8, 4) is 0 Å². The Morgan fingerprint density at radius 1 is 0.667 bits per heavy atom. The number of nitrogens with zero attached hydrogens (tertiary/aromatic N) is 4. The Labute approximate surface area is 435 Å². The van der Waals surface area contributed by atoms with E-state index >= 15 is 0 Å². The summed E-state index contributed by atoms with van der Waals surface area (Å²) in [5.74, 6) is -4.98. The van der Waals surface area contributed by atoms with Crippen LogP contribution in [0.3, 0.4) is 0 Å². The molecule has 0 bridgehead atoms. The number of carboxylic acids is 2. The number of benzene rings is 2. The monoisotopic (exact) mass is 1100 g/mol. The van der Waals surface area contributed by atoms with Crippen molar-refractivity contribution in [3.63, 3.8) is 0 Å². The zero-order chi connectivity index (χ0) is 56.3. The van der Waals surface area contributed by atoms with Crippen molar-refractivity contribution in [2.24, 2.45) is 0 Å². The van der Waals surface area contributed by atoms with Crippen LogP contribution < -0.4 is 31.9 Å². The van der Waals surface area contributed by atoms with Gasteiger partial charge in [0.2, 0.25) is 23.6 Å². The highest BCUT2D eigenvalue weighted by atomic mass is 35.5. The molecule has 8 N–H and O–H groups in total. The maximum atomic E-state index is 12.4. The third-order valence-electron chi connectivity index (χ3n) is 9.60. The molecule has 0 saturated carbocycles. The van der Waals surface area contributed by atoms with E-state index in [9.17, 15) is 62.2 Å². The molecule has 0 radical (unpaired) electrons. The zero-order valence-electron chi connectivity index (χ0n) is 40.3. The van der Waals surface area contributed by atoms with Gasteiger partial charge in [-0.15, -0.1) is 0 Å². The minimum atomic E-state index is -5.08. The number of carbonyl (C=O) groups is 7. The number of halogens is 5. The average Bonchev–Trinajstić information content (AvgIpc) is 3.33. The number of hydrogen-bond donors (Lipinski definition) is 8. The van der Waals surface area contributed by atoms with E-state index < -0.39 is 69.9 Å². The number of nitrogens with one attached hydrogen (secondary N) is 6. The highest BCUT2D eigenvalue weighted by Gasteiger charge is 2.38. The van der Waals surface area contributed by atoms with E-state index in [4.69, 9.17) is 42.9 Å². The number of carbonyl (C=O) groups excluding carboxylic acids is 5. The summed E-state index contributed by atoms with van der Waals surface area (Å²) in [6.07, 6.45) is -1.04. The lowest BCUT2D eigenvalue weighted by atomic mass is 10.0. The van der Waals surface area contributed by atoms with Gasteiger partial charge in [0, 0.05) is 50.5 Å². The number of ether oxygens (including phenoxy) is 1. The van der Waals surface area contributed by atoms with Crippen LogP contribution >= 0.6 is 23.2 Å². The van der Waals surface area contributed by atoms with E-state index in [1.807, 2.05) is 38.1 Å². The molecule has 0 aliphatic carbocycles. The van der Waals surface area contributed by atoms with Gasteiger partial charge in [0.25, 0.3) is 11.4 Å². The number of alkyl halides is 3. The first-order valence-electron chi connectivity index (χ1n) is 22.3. The number of pyridine rings is 2. The molecule has 29 heteroatoms. The van der Waals surface area contributed by atoms with E-state index in [0.29, 0.717) is 37.3 Å². The largest absolute Gasteiger partial charge is 0.490 e. The minimum absolute atomic E-state index is 0.0695. The van der Waals surface area contributed by atoms with Gasteiger partial charge in [0.1, 0.15) is 21.7 Å². The maximum Gasteiger partial charge on any atom is 0.490 e. The third kappa shape index (κ3) is 25.3. The van der Waals surface area contributed by atoms with Gasteiger partial charge in [-0.3, -0.25) is 49.0 Å². The van der Waals surface area contributed by atoms with Crippen LogP contribution in [0.15, 0.2) is 73.1 Å². The van der Waals surface area contributed by atoms with E-state index in [1.165, 1.54) is 30.3 Å². The first-order valence-corrected chi connectivity index (χ1v) is 23.0. The van der Waals surface area contributed by atoms with Crippen LogP contribution in [0.25, 0.3) is 0 Å². The third-order valence-corrected chi connectivity index (χ3v) is 10.2. The highest BCUT2D eigenvalue weighted by molar-refractivity contribution is 6.33. The second-order valence-corrected chi connectivity index (χ2v) is 16.5. The van der Waals surface area contributed by atoms with E-state index in [1.54, 1.807) is 19.3 Å². The summed E-state index contributed by atoms with van der Waals surface area (Å²) in [6.45, 7) is 6.06. The summed E-state index contributed by atoms with van der Waals surface area (Å²) in [5.41, 5.74) is 1.90. The van der Waals surface area contributed by atoms with Crippen molar-refractivity contribution in [2.45, 2.75) is 77.6 Å². The van der Waals surface area contributed by atoms with Gasteiger partial charge in [0.05, 0.1) is 54.5 Å². The Morgan fingerprint density at radius 3 is 1.41 bits per heavy atom. The van der Waals surface area contributed by atoms with Crippen molar-refractivity contribution in [3.05, 3.63) is 126 Å². The minimum Gasteiger partial charge on any atom is -0.481 e. The van der Waals surface area contributed by atoms with Crippen LogP contribution in [0.4, 0.5) is 36.2 Å².